The van der Waals surface area contributed by atoms with Crippen LogP contribution in [0, 0.1) is 12.8 Å². The summed E-state index contributed by atoms with van der Waals surface area (Å²) >= 11 is 1.79. The van der Waals surface area contributed by atoms with E-state index in [-0.39, 0.29) is 5.91 Å². The monoisotopic (exact) mass is 355 g/mol. The Hall–Kier alpha value is -2.02. The van der Waals surface area contributed by atoms with Crippen molar-refractivity contribution in [2.45, 2.75) is 46.0 Å². The van der Waals surface area contributed by atoms with E-state index in [1.54, 1.807) is 15.9 Å². The molecule has 4 heterocycles. The summed E-state index contributed by atoms with van der Waals surface area (Å²) in [6.07, 6.45) is 5.56. The number of carbonyl (C=O) groups is 1. The third kappa shape index (κ3) is 2.28. The fraction of sp³-hybridized carbons (Fsp3) is 0.556. The Kier molecular flexibility index (Phi) is 3.35. The highest BCUT2D eigenvalue weighted by Gasteiger charge is 2.27. The van der Waals surface area contributed by atoms with Crippen LogP contribution in [0.3, 0.4) is 0 Å². The molecule has 130 valence electrons. The molecule has 3 aromatic rings. The van der Waals surface area contributed by atoms with Crippen molar-refractivity contribution in [3.05, 3.63) is 22.1 Å². The van der Waals surface area contributed by atoms with E-state index in [2.05, 4.69) is 17.0 Å². The van der Waals surface area contributed by atoms with Gasteiger partial charge in [-0.25, -0.2) is 9.97 Å². The molecule has 0 N–H and O–H groups in total. The summed E-state index contributed by atoms with van der Waals surface area (Å²) in [5, 5.41) is 5.63. The van der Waals surface area contributed by atoms with Crippen LogP contribution in [0.4, 0.5) is 0 Å². The van der Waals surface area contributed by atoms with Crippen LogP contribution in [0.15, 0.2) is 0 Å². The van der Waals surface area contributed by atoms with E-state index in [1.807, 2.05) is 11.8 Å². The van der Waals surface area contributed by atoms with Gasteiger partial charge in [0.05, 0.1) is 5.39 Å². The van der Waals surface area contributed by atoms with Gasteiger partial charge in [-0.15, -0.1) is 16.4 Å². The molecular weight excluding hydrogens is 334 g/mol. The fourth-order valence-corrected chi connectivity index (χ4v) is 5.36. The normalized spacial score (nSPS) is 20.6. The van der Waals surface area contributed by atoms with E-state index in [0.717, 1.165) is 60.5 Å². The standard InChI is InChI=1S/C18H21N5OS/c1-10-5-6-13-12(9-10)14-16-20-15(18(24)22-7-3-4-8-22)21-23(16)11(2)19-17(14)25-13/h10H,3-9H2,1-2H3/t10-/m0/s1. The third-order valence-corrected chi connectivity index (χ3v) is 6.66. The summed E-state index contributed by atoms with van der Waals surface area (Å²) in [7, 11) is 0. The predicted molar refractivity (Wildman–Crippen MR) is 97.2 cm³/mol. The van der Waals surface area contributed by atoms with E-state index < -0.39 is 0 Å². The van der Waals surface area contributed by atoms with Crippen molar-refractivity contribution in [3.63, 3.8) is 0 Å². The lowest BCUT2D eigenvalue weighted by molar-refractivity contribution is 0.0781. The molecule has 1 aliphatic carbocycles. The Balaban J connectivity index is 1.71. The Morgan fingerprint density at radius 1 is 1.24 bits per heavy atom. The molecule has 1 fully saturated rings. The number of aryl methyl sites for hydroxylation is 2. The third-order valence-electron chi connectivity index (χ3n) is 5.47. The Bertz CT molecular complexity index is 998. The minimum Gasteiger partial charge on any atom is -0.336 e. The highest BCUT2D eigenvalue weighted by atomic mass is 32.1. The summed E-state index contributed by atoms with van der Waals surface area (Å²) < 4.78 is 1.76. The number of nitrogens with zero attached hydrogens (tertiary/aromatic N) is 5. The van der Waals surface area contributed by atoms with Crippen molar-refractivity contribution in [1.29, 1.82) is 0 Å². The zero-order valence-corrected chi connectivity index (χ0v) is 15.4. The van der Waals surface area contributed by atoms with Crippen molar-refractivity contribution >= 4 is 33.1 Å². The Morgan fingerprint density at radius 3 is 2.84 bits per heavy atom. The lowest BCUT2D eigenvalue weighted by atomic mass is 9.89. The van der Waals surface area contributed by atoms with Gasteiger partial charge < -0.3 is 4.90 Å². The molecule has 1 saturated heterocycles. The summed E-state index contributed by atoms with van der Waals surface area (Å²) in [5.74, 6) is 1.73. The molecule has 25 heavy (non-hydrogen) atoms. The highest BCUT2D eigenvalue weighted by molar-refractivity contribution is 7.19. The molecular formula is C18H21N5OS. The maximum Gasteiger partial charge on any atom is 0.293 e. The molecule has 1 amide bonds. The number of likely N-dealkylation sites (tertiary alicyclic amines) is 1. The van der Waals surface area contributed by atoms with Crippen LogP contribution < -0.4 is 0 Å². The molecule has 3 aromatic heterocycles. The minimum atomic E-state index is -0.0498. The van der Waals surface area contributed by atoms with Crippen LogP contribution in [0.1, 0.15) is 53.1 Å². The number of thiophene rings is 1. The summed E-state index contributed by atoms with van der Waals surface area (Å²) in [5.41, 5.74) is 2.18. The first-order chi connectivity index (χ1) is 12.1. The first-order valence-corrected chi connectivity index (χ1v) is 9.90. The zero-order valence-electron chi connectivity index (χ0n) is 14.6. The van der Waals surface area contributed by atoms with E-state index >= 15 is 0 Å². The molecule has 0 radical (unpaired) electrons. The van der Waals surface area contributed by atoms with Gasteiger partial charge in [-0.3, -0.25) is 4.79 Å². The second-order valence-corrected chi connectivity index (χ2v) is 8.44. The van der Waals surface area contributed by atoms with Gasteiger partial charge in [0.1, 0.15) is 10.7 Å². The van der Waals surface area contributed by atoms with E-state index in [0.29, 0.717) is 11.7 Å². The van der Waals surface area contributed by atoms with Gasteiger partial charge in [-0.05, 0) is 50.5 Å². The topological polar surface area (TPSA) is 63.4 Å². The molecule has 1 atom stereocenters. The average Bonchev–Trinajstić information content (AvgIpc) is 3.31. The summed E-state index contributed by atoms with van der Waals surface area (Å²) in [4.78, 5) is 26.5. The molecule has 1 aliphatic heterocycles. The largest absolute Gasteiger partial charge is 0.336 e. The lowest BCUT2D eigenvalue weighted by Gasteiger charge is -2.17. The molecule has 6 nitrogen and oxygen atoms in total. The van der Waals surface area contributed by atoms with Crippen LogP contribution in [0.2, 0.25) is 0 Å². The number of hydrogen-bond acceptors (Lipinski definition) is 5. The molecule has 5 rings (SSSR count). The number of amides is 1. The number of aromatic nitrogens is 4. The van der Waals surface area contributed by atoms with Gasteiger partial charge in [0.15, 0.2) is 5.65 Å². The van der Waals surface area contributed by atoms with Crippen LogP contribution in [0.25, 0.3) is 15.9 Å². The van der Waals surface area contributed by atoms with Crippen molar-refractivity contribution in [3.8, 4) is 0 Å². The van der Waals surface area contributed by atoms with E-state index in [9.17, 15) is 4.79 Å². The molecule has 2 aliphatic rings. The molecule has 0 unspecified atom stereocenters. The first-order valence-electron chi connectivity index (χ1n) is 9.08. The quantitative estimate of drug-likeness (QED) is 0.673. The van der Waals surface area contributed by atoms with Gasteiger partial charge in [-0.2, -0.15) is 4.52 Å². The van der Waals surface area contributed by atoms with Gasteiger partial charge in [0, 0.05) is 18.0 Å². The van der Waals surface area contributed by atoms with Crippen molar-refractivity contribution in [2.24, 2.45) is 5.92 Å². The summed E-state index contributed by atoms with van der Waals surface area (Å²) in [6, 6.07) is 0. The molecule has 0 aromatic carbocycles. The molecule has 0 spiro atoms. The van der Waals surface area contributed by atoms with Gasteiger partial charge in [0.2, 0.25) is 5.82 Å². The molecule has 0 saturated carbocycles. The van der Waals surface area contributed by atoms with Crippen LogP contribution in [0.5, 0.6) is 0 Å². The SMILES string of the molecule is Cc1nc2sc3c(c2c2nc(C(=O)N4CCCC4)nn12)C[C@@H](C)CC3. The zero-order chi connectivity index (χ0) is 17.1. The van der Waals surface area contributed by atoms with E-state index in [1.165, 1.54) is 16.9 Å². The van der Waals surface area contributed by atoms with Crippen LogP contribution >= 0.6 is 11.3 Å². The smallest absolute Gasteiger partial charge is 0.293 e. The number of carbonyl (C=O) groups excluding carboxylic acids is 1. The Labute approximate surface area is 149 Å². The lowest BCUT2D eigenvalue weighted by Crippen LogP contribution is -2.28. The number of hydrogen-bond donors (Lipinski definition) is 0. The fourth-order valence-electron chi connectivity index (χ4n) is 4.10. The second-order valence-electron chi connectivity index (χ2n) is 7.36. The van der Waals surface area contributed by atoms with E-state index in [4.69, 9.17) is 4.98 Å². The van der Waals surface area contributed by atoms with Crippen molar-refractivity contribution < 1.29 is 4.79 Å². The van der Waals surface area contributed by atoms with Crippen LogP contribution in [-0.4, -0.2) is 43.5 Å². The maximum absolute atomic E-state index is 12.7. The second kappa shape index (κ2) is 5.49. The van der Waals surface area contributed by atoms with Crippen molar-refractivity contribution in [1.82, 2.24) is 24.5 Å². The highest BCUT2D eigenvalue weighted by Crippen LogP contribution is 2.39. The van der Waals surface area contributed by atoms with Gasteiger partial charge >= 0.3 is 0 Å². The Morgan fingerprint density at radius 2 is 2.04 bits per heavy atom. The van der Waals surface area contributed by atoms with Crippen molar-refractivity contribution in [2.75, 3.05) is 13.1 Å². The van der Waals surface area contributed by atoms with Gasteiger partial charge in [-0.1, -0.05) is 6.92 Å². The maximum atomic E-state index is 12.7. The number of rotatable bonds is 1. The first kappa shape index (κ1) is 15.3. The molecule has 7 heteroatoms. The predicted octanol–water partition coefficient (Wildman–Crippen LogP) is 3.01. The average molecular weight is 355 g/mol. The minimum absolute atomic E-state index is 0.0498. The molecule has 0 bridgehead atoms. The van der Waals surface area contributed by atoms with Crippen LogP contribution in [-0.2, 0) is 12.8 Å². The van der Waals surface area contributed by atoms with Gasteiger partial charge in [0.25, 0.3) is 5.91 Å². The summed E-state index contributed by atoms with van der Waals surface area (Å²) in [6.45, 7) is 5.86. The number of fused-ring (bicyclic) bond motifs is 5.